The van der Waals surface area contributed by atoms with E-state index in [4.69, 9.17) is 0 Å². The van der Waals surface area contributed by atoms with Gasteiger partial charge in [-0.05, 0) is 37.1 Å². The number of sulfonamides is 1. The number of rotatable bonds is 10. The zero-order valence-electron chi connectivity index (χ0n) is 15.7. The first-order chi connectivity index (χ1) is 12.9. The number of thioether (sulfide) groups is 1. The van der Waals surface area contributed by atoms with Crippen molar-refractivity contribution in [1.29, 1.82) is 0 Å². The van der Waals surface area contributed by atoms with Crippen molar-refractivity contribution in [2.45, 2.75) is 37.3 Å². The summed E-state index contributed by atoms with van der Waals surface area (Å²) in [6.45, 7) is 4.45. The Balaban J connectivity index is 1.87. The third-order valence-corrected chi connectivity index (χ3v) is 6.34. The topological polar surface area (TPSA) is 75.3 Å². The SMILES string of the molecule is CCCCNS(=O)(=O)c1cccc(NC(=O)CSCc2ccc(C)cc2)c1. The average molecular weight is 407 g/mol. The maximum atomic E-state index is 12.3. The van der Waals surface area contributed by atoms with Gasteiger partial charge in [-0.2, -0.15) is 0 Å². The zero-order valence-corrected chi connectivity index (χ0v) is 17.3. The third kappa shape index (κ3) is 7.36. The van der Waals surface area contributed by atoms with Gasteiger partial charge in [-0.1, -0.05) is 49.2 Å². The van der Waals surface area contributed by atoms with E-state index in [2.05, 4.69) is 34.3 Å². The number of amides is 1. The lowest BCUT2D eigenvalue weighted by Gasteiger charge is -2.09. The summed E-state index contributed by atoms with van der Waals surface area (Å²) >= 11 is 1.52. The predicted octanol–water partition coefficient (Wildman–Crippen LogP) is 3.95. The fourth-order valence-electron chi connectivity index (χ4n) is 2.35. The Labute approximate surface area is 166 Å². The van der Waals surface area contributed by atoms with Crippen molar-refractivity contribution >= 4 is 33.4 Å². The van der Waals surface area contributed by atoms with Gasteiger partial charge in [0.25, 0.3) is 0 Å². The molecule has 2 N–H and O–H groups in total. The maximum absolute atomic E-state index is 12.3. The molecule has 0 saturated heterocycles. The molecule has 2 rings (SSSR count). The second-order valence-electron chi connectivity index (χ2n) is 6.31. The van der Waals surface area contributed by atoms with Crippen LogP contribution >= 0.6 is 11.8 Å². The highest BCUT2D eigenvalue weighted by molar-refractivity contribution is 7.99. The van der Waals surface area contributed by atoms with Crippen LogP contribution in [-0.4, -0.2) is 26.6 Å². The largest absolute Gasteiger partial charge is 0.325 e. The third-order valence-electron chi connectivity index (χ3n) is 3.87. The number of unbranched alkanes of at least 4 members (excludes halogenated alkanes) is 1. The van der Waals surface area contributed by atoms with E-state index >= 15 is 0 Å². The number of carbonyl (C=O) groups is 1. The van der Waals surface area contributed by atoms with Gasteiger partial charge in [0.15, 0.2) is 0 Å². The first-order valence-electron chi connectivity index (χ1n) is 8.93. The van der Waals surface area contributed by atoms with Gasteiger partial charge in [0, 0.05) is 18.0 Å². The molecule has 1 amide bonds. The fraction of sp³-hybridized carbons (Fsp3) is 0.350. The highest BCUT2D eigenvalue weighted by Crippen LogP contribution is 2.17. The van der Waals surface area contributed by atoms with Crippen LogP contribution in [0.25, 0.3) is 0 Å². The van der Waals surface area contributed by atoms with Crippen LogP contribution in [0.1, 0.15) is 30.9 Å². The van der Waals surface area contributed by atoms with Crippen LogP contribution in [0.3, 0.4) is 0 Å². The summed E-state index contributed by atoms with van der Waals surface area (Å²) in [6, 6.07) is 14.5. The van der Waals surface area contributed by atoms with E-state index in [0.717, 1.165) is 18.6 Å². The number of anilines is 1. The number of benzene rings is 2. The van der Waals surface area contributed by atoms with Crippen molar-refractivity contribution in [1.82, 2.24) is 4.72 Å². The standard InChI is InChI=1S/C20H26N2O3S2/c1-3-4-12-21-27(24,25)19-7-5-6-18(13-19)22-20(23)15-26-14-17-10-8-16(2)9-11-17/h5-11,13,21H,3-4,12,14-15H2,1-2H3,(H,22,23). The summed E-state index contributed by atoms with van der Waals surface area (Å²) in [5.41, 5.74) is 2.86. The molecular formula is C20H26N2O3S2. The van der Waals surface area contributed by atoms with E-state index in [-0.39, 0.29) is 10.8 Å². The lowest BCUT2D eigenvalue weighted by Crippen LogP contribution is -2.25. The van der Waals surface area contributed by atoms with Crippen LogP contribution in [0, 0.1) is 6.92 Å². The smallest absolute Gasteiger partial charge is 0.240 e. The van der Waals surface area contributed by atoms with Crippen molar-refractivity contribution in [3.05, 3.63) is 59.7 Å². The Morgan fingerprint density at radius 1 is 1.11 bits per heavy atom. The Kier molecular flexibility index (Phi) is 8.34. The quantitative estimate of drug-likeness (QED) is 0.586. The average Bonchev–Trinajstić information content (AvgIpc) is 2.64. The molecule has 0 aromatic heterocycles. The number of carbonyl (C=O) groups excluding carboxylic acids is 1. The molecule has 2 aromatic carbocycles. The Morgan fingerprint density at radius 2 is 1.85 bits per heavy atom. The summed E-state index contributed by atoms with van der Waals surface area (Å²) in [6.07, 6.45) is 1.70. The summed E-state index contributed by atoms with van der Waals surface area (Å²) < 4.78 is 27.1. The van der Waals surface area contributed by atoms with Crippen molar-refractivity contribution in [2.75, 3.05) is 17.6 Å². The Hall–Kier alpha value is -1.83. The molecule has 0 saturated carbocycles. The van der Waals surface area contributed by atoms with Crippen LogP contribution in [0.15, 0.2) is 53.4 Å². The van der Waals surface area contributed by atoms with Crippen molar-refractivity contribution in [3.63, 3.8) is 0 Å². The molecule has 7 heteroatoms. The Bertz CT molecular complexity index is 850. The van der Waals surface area contributed by atoms with E-state index in [1.807, 2.05) is 13.8 Å². The van der Waals surface area contributed by atoms with Crippen LogP contribution in [0.5, 0.6) is 0 Å². The highest BCUT2D eigenvalue weighted by Gasteiger charge is 2.14. The number of hydrogen-bond donors (Lipinski definition) is 2. The minimum atomic E-state index is -3.55. The van der Waals surface area contributed by atoms with Gasteiger partial charge in [0.05, 0.1) is 10.6 Å². The second kappa shape index (κ2) is 10.5. The first kappa shape index (κ1) is 21.5. The van der Waals surface area contributed by atoms with E-state index in [9.17, 15) is 13.2 Å². The van der Waals surface area contributed by atoms with Gasteiger partial charge in [0.1, 0.15) is 0 Å². The van der Waals surface area contributed by atoms with Crippen molar-refractivity contribution < 1.29 is 13.2 Å². The zero-order chi connectivity index (χ0) is 19.7. The molecule has 0 aliphatic carbocycles. The summed E-state index contributed by atoms with van der Waals surface area (Å²) in [7, 11) is -3.55. The number of hydrogen-bond acceptors (Lipinski definition) is 4. The monoisotopic (exact) mass is 406 g/mol. The van der Waals surface area contributed by atoms with Crippen LogP contribution in [0.2, 0.25) is 0 Å². The van der Waals surface area contributed by atoms with Gasteiger partial charge >= 0.3 is 0 Å². The molecule has 0 radical (unpaired) electrons. The molecule has 2 aromatic rings. The lowest BCUT2D eigenvalue weighted by atomic mass is 10.2. The predicted molar refractivity (Wildman–Crippen MR) is 113 cm³/mol. The molecule has 0 heterocycles. The van der Waals surface area contributed by atoms with Crippen LogP contribution in [0.4, 0.5) is 5.69 Å². The van der Waals surface area contributed by atoms with Gasteiger partial charge in [0.2, 0.25) is 15.9 Å². The molecule has 0 aliphatic heterocycles. The van der Waals surface area contributed by atoms with E-state index in [0.29, 0.717) is 18.0 Å². The van der Waals surface area contributed by atoms with Gasteiger partial charge in [-0.25, -0.2) is 13.1 Å². The Morgan fingerprint density at radius 3 is 2.56 bits per heavy atom. The molecule has 0 unspecified atom stereocenters. The van der Waals surface area contributed by atoms with E-state index < -0.39 is 10.0 Å². The van der Waals surface area contributed by atoms with Crippen molar-refractivity contribution in [3.8, 4) is 0 Å². The summed E-state index contributed by atoms with van der Waals surface area (Å²) in [5.74, 6) is 0.906. The highest BCUT2D eigenvalue weighted by atomic mass is 32.2. The molecule has 0 bridgehead atoms. The summed E-state index contributed by atoms with van der Waals surface area (Å²) in [5, 5.41) is 2.77. The minimum absolute atomic E-state index is 0.152. The van der Waals surface area contributed by atoms with Crippen molar-refractivity contribution in [2.24, 2.45) is 0 Å². The molecule has 5 nitrogen and oxygen atoms in total. The van der Waals surface area contributed by atoms with Gasteiger partial charge < -0.3 is 5.32 Å². The molecule has 0 fully saturated rings. The second-order valence-corrected chi connectivity index (χ2v) is 9.06. The number of nitrogens with one attached hydrogen (secondary N) is 2. The fourth-order valence-corrected chi connectivity index (χ4v) is 4.26. The van der Waals surface area contributed by atoms with Gasteiger partial charge in [-0.3, -0.25) is 4.79 Å². The molecular weight excluding hydrogens is 380 g/mol. The summed E-state index contributed by atoms with van der Waals surface area (Å²) in [4.78, 5) is 12.3. The minimum Gasteiger partial charge on any atom is -0.325 e. The maximum Gasteiger partial charge on any atom is 0.240 e. The molecule has 27 heavy (non-hydrogen) atoms. The molecule has 146 valence electrons. The van der Waals surface area contributed by atoms with Crippen LogP contribution < -0.4 is 10.0 Å². The molecule has 0 spiro atoms. The lowest BCUT2D eigenvalue weighted by molar-refractivity contribution is -0.113. The van der Waals surface area contributed by atoms with Crippen LogP contribution in [-0.2, 0) is 20.6 Å². The normalized spacial score (nSPS) is 11.3. The van der Waals surface area contributed by atoms with Gasteiger partial charge in [-0.15, -0.1) is 11.8 Å². The van der Waals surface area contributed by atoms with E-state index in [1.54, 1.807) is 12.1 Å². The number of aryl methyl sites for hydroxylation is 1. The molecule has 0 aliphatic rings. The van der Waals surface area contributed by atoms with E-state index in [1.165, 1.54) is 35.0 Å². The molecule has 0 atom stereocenters. The first-order valence-corrected chi connectivity index (χ1v) is 11.6.